The molecule has 1 aliphatic carbocycles. The molecule has 0 aromatic rings. The molecule has 3 aliphatic rings. The smallest absolute Gasteiger partial charge is 0.0470 e. The molecule has 3 rings (SSSR count). The van der Waals surface area contributed by atoms with Crippen LogP contribution >= 0.6 is 0 Å². The highest BCUT2D eigenvalue weighted by Gasteiger charge is 2.48. The summed E-state index contributed by atoms with van der Waals surface area (Å²) in [7, 11) is 2.30. The van der Waals surface area contributed by atoms with Crippen LogP contribution in [0.1, 0.15) is 39.0 Å². The molecule has 0 radical (unpaired) electrons. The number of likely N-dealkylation sites (tertiary alicyclic amines) is 2. The van der Waals surface area contributed by atoms with E-state index in [0.29, 0.717) is 6.04 Å². The van der Waals surface area contributed by atoms with Crippen molar-refractivity contribution in [2.75, 3.05) is 46.3 Å². The average molecular weight is 280 g/mol. The lowest BCUT2D eigenvalue weighted by atomic mass is 9.94. The maximum atomic E-state index is 6.22. The summed E-state index contributed by atoms with van der Waals surface area (Å²) in [6.45, 7) is 9.37. The van der Waals surface area contributed by atoms with Gasteiger partial charge in [-0.15, -0.1) is 0 Å². The van der Waals surface area contributed by atoms with Crippen molar-refractivity contribution in [1.82, 2.24) is 14.7 Å². The predicted molar refractivity (Wildman–Crippen MR) is 83.9 cm³/mol. The first-order valence-electron chi connectivity index (χ1n) is 8.54. The van der Waals surface area contributed by atoms with Gasteiger partial charge in [-0.25, -0.2) is 0 Å². The highest BCUT2D eigenvalue weighted by atomic mass is 15.3. The first kappa shape index (κ1) is 14.8. The fourth-order valence-electron chi connectivity index (χ4n) is 4.24. The van der Waals surface area contributed by atoms with Gasteiger partial charge >= 0.3 is 0 Å². The maximum absolute atomic E-state index is 6.22. The molecule has 1 saturated carbocycles. The molecule has 0 bridgehead atoms. The van der Waals surface area contributed by atoms with Gasteiger partial charge in [0.1, 0.15) is 0 Å². The fourth-order valence-corrected chi connectivity index (χ4v) is 4.24. The zero-order valence-electron chi connectivity index (χ0n) is 13.4. The Morgan fingerprint density at radius 3 is 2.55 bits per heavy atom. The molecule has 3 fully saturated rings. The molecule has 2 heterocycles. The van der Waals surface area contributed by atoms with Gasteiger partial charge in [0.15, 0.2) is 0 Å². The minimum Gasteiger partial charge on any atom is -0.329 e. The van der Waals surface area contributed by atoms with Gasteiger partial charge in [-0.3, -0.25) is 9.80 Å². The summed E-state index contributed by atoms with van der Waals surface area (Å²) in [4.78, 5) is 7.90. The van der Waals surface area contributed by atoms with Crippen LogP contribution in [-0.4, -0.2) is 78.6 Å². The molecule has 4 heteroatoms. The lowest BCUT2D eigenvalue weighted by Crippen LogP contribution is -2.55. The maximum Gasteiger partial charge on any atom is 0.0470 e. The first-order chi connectivity index (χ1) is 9.64. The van der Waals surface area contributed by atoms with E-state index in [1.54, 1.807) is 0 Å². The van der Waals surface area contributed by atoms with E-state index < -0.39 is 0 Å². The standard InChI is InChI=1S/C16H32N4/c1-14-11-16(12-17,13-20(14)15-5-6-15)18(2)9-10-19-7-3-4-8-19/h14-15H,3-13,17H2,1-2H3. The van der Waals surface area contributed by atoms with Gasteiger partial charge in [0.2, 0.25) is 0 Å². The number of nitrogens with zero attached hydrogens (tertiary/aromatic N) is 3. The quantitative estimate of drug-likeness (QED) is 0.786. The van der Waals surface area contributed by atoms with Crippen molar-refractivity contribution in [2.45, 2.75) is 56.7 Å². The van der Waals surface area contributed by atoms with E-state index in [1.807, 2.05) is 0 Å². The number of likely N-dealkylation sites (N-methyl/N-ethyl adjacent to an activating group) is 1. The number of hydrogen-bond acceptors (Lipinski definition) is 4. The van der Waals surface area contributed by atoms with Crippen molar-refractivity contribution < 1.29 is 0 Å². The summed E-state index contributed by atoms with van der Waals surface area (Å²) in [6.07, 6.45) is 6.83. The Morgan fingerprint density at radius 1 is 1.25 bits per heavy atom. The minimum absolute atomic E-state index is 0.224. The SMILES string of the molecule is CC1CC(CN)(N(C)CCN2CCCC2)CN1C1CC1. The van der Waals surface area contributed by atoms with Gasteiger partial charge < -0.3 is 10.6 Å². The summed E-state index contributed by atoms with van der Waals surface area (Å²) in [5, 5.41) is 0. The number of nitrogens with two attached hydrogens (primary N) is 1. The number of hydrogen-bond donors (Lipinski definition) is 1. The van der Waals surface area contributed by atoms with Crippen LogP contribution < -0.4 is 5.73 Å². The molecular formula is C16H32N4. The number of rotatable bonds is 6. The Kier molecular flexibility index (Phi) is 4.37. The first-order valence-corrected chi connectivity index (χ1v) is 8.54. The molecule has 2 atom stereocenters. The predicted octanol–water partition coefficient (Wildman–Crippen LogP) is 0.968. The van der Waals surface area contributed by atoms with Crippen LogP contribution in [0.5, 0.6) is 0 Å². The average Bonchev–Trinajstić information content (AvgIpc) is 3.03. The second-order valence-corrected chi connectivity index (χ2v) is 7.36. The van der Waals surface area contributed by atoms with E-state index in [9.17, 15) is 0 Å². The van der Waals surface area contributed by atoms with Crippen LogP contribution in [-0.2, 0) is 0 Å². The van der Waals surface area contributed by atoms with Crippen molar-refractivity contribution >= 4 is 0 Å². The lowest BCUT2D eigenvalue weighted by molar-refractivity contribution is 0.115. The van der Waals surface area contributed by atoms with Gasteiger partial charge in [0, 0.05) is 43.8 Å². The Balaban J connectivity index is 1.56. The van der Waals surface area contributed by atoms with Crippen LogP contribution in [0.3, 0.4) is 0 Å². The van der Waals surface area contributed by atoms with Crippen molar-refractivity contribution in [3.63, 3.8) is 0 Å². The second-order valence-electron chi connectivity index (χ2n) is 7.36. The highest BCUT2D eigenvalue weighted by Crippen LogP contribution is 2.39. The minimum atomic E-state index is 0.224. The Bertz CT molecular complexity index is 324. The summed E-state index contributed by atoms with van der Waals surface area (Å²) in [6, 6.07) is 1.57. The van der Waals surface area contributed by atoms with Gasteiger partial charge in [-0.05, 0) is 59.2 Å². The molecule has 4 nitrogen and oxygen atoms in total. The zero-order chi connectivity index (χ0) is 14.2. The van der Waals surface area contributed by atoms with E-state index in [1.165, 1.54) is 64.8 Å². The molecule has 2 saturated heterocycles. The molecule has 0 spiro atoms. The topological polar surface area (TPSA) is 35.7 Å². The summed E-state index contributed by atoms with van der Waals surface area (Å²) in [5.74, 6) is 0. The largest absolute Gasteiger partial charge is 0.329 e. The normalized spacial score (nSPS) is 36.3. The summed E-state index contributed by atoms with van der Waals surface area (Å²) in [5.41, 5.74) is 6.44. The third-order valence-corrected chi connectivity index (χ3v) is 5.87. The van der Waals surface area contributed by atoms with Crippen molar-refractivity contribution in [3.05, 3.63) is 0 Å². The Hall–Kier alpha value is -0.160. The third kappa shape index (κ3) is 2.89. The van der Waals surface area contributed by atoms with Gasteiger partial charge in [-0.1, -0.05) is 0 Å². The van der Waals surface area contributed by atoms with E-state index in [0.717, 1.165) is 12.6 Å². The van der Waals surface area contributed by atoms with Gasteiger partial charge in [0.25, 0.3) is 0 Å². The molecule has 2 unspecified atom stereocenters. The summed E-state index contributed by atoms with van der Waals surface area (Å²) >= 11 is 0. The van der Waals surface area contributed by atoms with Crippen molar-refractivity contribution in [3.8, 4) is 0 Å². The van der Waals surface area contributed by atoms with Crippen LogP contribution in [0.2, 0.25) is 0 Å². The molecule has 0 aromatic carbocycles. The van der Waals surface area contributed by atoms with Crippen LogP contribution in [0.4, 0.5) is 0 Å². The molecule has 20 heavy (non-hydrogen) atoms. The van der Waals surface area contributed by atoms with E-state index in [2.05, 4.69) is 28.7 Å². The van der Waals surface area contributed by atoms with E-state index >= 15 is 0 Å². The van der Waals surface area contributed by atoms with Crippen molar-refractivity contribution in [1.29, 1.82) is 0 Å². The molecule has 0 amide bonds. The monoisotopic (exact) mass is 280 g/mol. The van der Waals surface area contributed by atoms with Gasteiger partial charge in [0.05, 0.1) is 0 Å². The molecular weight excluding hydrogens is 248 g/mol. The summed E-state index contributed by atoms with van der Waals surface area (Å²) < 4.78 is 0. The third-order valence-electron chi connectivity index (χ3n) is 5.87. The molecule has 2 N–H and O–H groups in total. The zero-order valence-corrected chi connectivity index (χ0v) is 13.4. The second kappa shape index (κ2) is 5.91. The molecule has 116 valence electrons. The Labute approximate surface area is 124 Å². The highest BCUT2D eigenvalue weighted by molar-refractivity contribution is 5.06. The fraction of sp³-hybridized carbons (Fsp3) is 1.00. The van der Waals surface area contributed by atoms with Crippen molar-refractivity contribution in [2.24, 2.45) is 5.73 Å². The Morgan fingerprint density at radius 2 is 1.95 bits per heavy atom. The molecule has 0 aromatic heterocycles. The molecule has 2 aliphatic heterocycles. The van der Waals surface area contributed by atoms with E-state index in [4.69, 9.17) is 5.73 Å². The van der Waals surface area contributed by atoms with Crippen LogP contribution in [0.25, 0.3) is 0 Å². The van der Waals surface area contributed by atoms with E-state index in [-0.39, 0.29) is 5.54 Å². The van der Waals surface area contributed by atoms with Crippen LogP contribution in [0.15, 0.2) is 0 Å². The lowest BCUT2D eigenvalue weighted by Gasteiger charge is -2.39. The van der Waals surface area contributed by atoms with Gasteiger partial charge in [-0.2, -0.15) is 0 Å². The van der Waals surface area contributed by atoms with Crippen LogP contribution in [0, 0.1) is 0 Å².